The molecule has 1 saturated carbocycles. The average Bonchev–Trinajstić information content (AvgIpc) is 3.35. The van der Waals surface area contributed by atoms with Crippen molar-refractivity contribution in [3.8, 4) is 11.3 Å². The van der Waals surface area contributed by atoms with E-state index in [1.165, 1.54) is 24.0 Å². The van der Waals surface area contributed by atoms with Crippen LogP contribution >= 0.6 is 11.8 Å². The van der Waals surface area contributed by atoms with Gasteiger partial charge in [0.1, 0.15) is 0 Å². The molecule has 4 rings (SSSR count). The summed E-state index contributed by atoms with van der Waals surface area (Å²) in [5.41, 5.74) is 3.87. The molecule has 1 aliphatic carbocycles. The van der Waals surface area contributed by atoms with Gasteiger partial charge in [-0.15, -0.1) is 0 Å². The zero-order valence-electron chi connectivity index (χ0n) is 16.1. The Bertz CT molecular complexity index is 827. The Morgan fingerprint density at radius 1 is 1.22 bits per heavy atom. The van der Waals surface area contributed by atoms with E-state index < -0.39 is 0 Å². The van der Waals surface area contributed by atoms with Gasteiger partial charge in [-0.2, -0.15) is 16.9 Å². The standard InChI is InChI=1S/C21H28N4OS/c1-20(15-26)13-19(22)25(11-12-27-20)14-21(8-9-21)17-5-3-16(4-6-17)18-7-10-23-24(18)2/h3-7,10,22,26H,8-9,11-15H2,1-2H3. The Morgan fingerprint density at radius 2 is 1.96 bits per heavy atom. The van der Waals surface area contributed by atoms with E-state index in [1.54, 1.807) is 11.8 Å². The van der Waals surface area contributed by atoms with Gasteiger partial charge in [0, 0.05) is 48.7 Å². The smallest absolute Gasteiger partial charge is 0.0973 e. The van der Waals surface area contributed by atoms with Crippen molar-refractivity contribution in [1.82, 2.24) is 14.7 Å². The number of hydrogen-bond acceptors (Lipinski definition) is 4. The number of aryl methyl sites for hydroxylation is 1. The Morgan fingerprint density at radius 3 is 2.56 bits per heavy atom. The Hall–Kier alpha value is -1.79. The first-order valence-corrected chi connectivity index (χ1v) is 10.6. The highest BCUT2D eigenvalue weighted by molar-refractivity contribution is 8.00. The molecule has 1 saturated heterocycles. The van der Waals surface area contributed by atoms with Crippen LogP contribution in [0, 0.1) is 5.41 Å². The first kappa shape index (κ1) is 18.6. The molecule has 2 fully saturated rings. The molecule has 2 aliphatic rings. The fraction of sp³-hybridized carbons (Fsp3) is 0.524. The molecule has 0 amide bonds. The molecule has 5 nitrogen and oxygen atoms in total. The van der Waals surface area contributed by atoms with Gasteiger partial charge < -0.3 is 10.0 Å². The predicted octanol–water partition coefficient (Wildman–Crippen LogP) is 3.29. The molecule has 2 heterocycles. The van der Waals surface area contributed by atoms with Gasteiger partial charge in [-0.3, -0.25) is 10.1 Å². The Labute approximate surface area is 165 Å². The lowest BCUT2D eigenvalue weighted by Crippen LogP contribution is -2.39. The van der Waals surface area contributed by atoms with Crippen molar-refractivity contribution in [2.45, 2.75) is 36.3 Å². The molecule has 1 aromatic carbocycles. The Balaban J connectivity index is 1.49. The van der Waals surface area contributed by atoms with Gasteiger partial charge in [0.05, 0.1) is 18.1 Å². The predicted molar refractivity (Wildman–Crippen MR) is 111 cm³/mol. The zero-order chi connectivity index (χ0) is 19.1. The lowest BCUT2D eigenvalue weighted by atomic mass is 9.93. The number of amidine groups is 1. The van der Waals surface area contributed by atoms with Crippen LogP contribution in [0.4, 0.5) is 0 Å². The molecule has 144 valence electrons. The first-order valence-electron chi connectivity index (χ1n) is 9.61. The van der Waals surface area contributed by atoms with Crippen LogP contribution < -0.4 is 0 Å². The van der Waals surface area contributed by atoms with Crippen LogP contribution in [0.25, 0.3) is 11.3 Å². The molecule has 2 N–H and O–H groups in total. The van der Waals surface area contributed by atoms with E-state index in [9.17, 15) is 5.11 Å². The van der Waals surface area contributed by atoms with E-state index in [-0.39, 0.29) is 16.8 Å². The molecule has 6 heteroatoms. The first-order chi connectivity index (χ1) is 12.9. The van der Waals surface area contributed by atoms with Crippen molar-refractivity contribution in [2.75, 3.05) is 25.4 Å². The monoisotopic (exact) mass is 384 g/mol. The normalized spacial score (nSPS) is 24.7. The van der Waals surface area contributed by atoms with Gasteiger partial charge in [0.25, 0.3) is 0 Å². The van der Waals surface area contributed by atoms with Crippen LogP contribution in [0.5, 0.6) is 0 Å². The molecule has 27 heavy (non-hydrogen) atoms. The zero-order valence-corrected chi connectivity index (χ0v) is 16.9. The second-order valence-corrected chi connectivity index (χ2v) is 9.88. The summed E-state index contributed by atoms with van der Waals surface area (Å²) in [5.74, 6) is 1.64. The van der Waals surface area contributed by atoms with Crippen LogP contribution in [-0.4, -0.2) is 55.8 Å². The van der Waals surface area contributed by atoms with Crippen LogP contribution in [0.3, 0.4) is 0 Å². The summed E-state index contributed by atoms with van der Waals surface area (Å²) in [6.45, 7) is 4.02. The third-order valence-electron chi connectivity index (χ3n) is 6.03. The van der Waals surface area contributed by atoms with Crippen molar-refractivity contribution in [2.24, 2.45) is 7.05 Å². The van der Waals surface area contributed by atoms with E-state index in [4.69, 9.17) is 5.41 Å². The number of nitrogens with zero attached hydrogens (tertiary/aromatic N) is 3. The minimum absolute atomic E-state index is 0.133. The second kappa shape index (κ2) is 6.99. The Kier molecular flexibility index (Phi) is 4.80. The van der Waals surface area contributed by atoms with Crippen molar-refractivity contribution >= 4 is 17.6 Å². The van der Waals surface area contributed by atoms with E-state index in [0.29, 0.717) is 12.3 Å². The van der Waals surface area contributed by atoms with Crippen LogP contribution in [0.2, 0.25) is 0 Å². The second-order valence-electron chi connectivity index (χ2n) is 8.20. The minimum Gasteiger partial charge on any atom is -0.395 e. The highest BCUT2D eigenvalue weighted by Crippen LogP contribution is 2.49. The van der Waals surface area contributed by atoms with Crippen molar-refractivity contribution in [1.29, 1.82) is 5.41 Å². The fourth-order valence-corrected chi connectivity index (χ4v) is 5.17. The van der Waals surface area contributed by atoms with Gasteiger partial charge in [0.15, 0.2) is 0 Å². The number of aromatic nitrogens is 2. The number of thioether (sulfide) groups is 1. The van der Waals surface area contributed by atoms with Crippen molar-refractivity contribution in [3.05, 3.63) is 42.1 Å². The number of nitrogens with one attached hydrogen (secondary N) is 1. The number of rotatable bonds is 5. The van der Waals surface area contributed by atoms with Gasteiger partial charge in [-0.1, -0.05) is 24.3 Å². The number of aliphatic hydroxyl groups excluding tert-OH is 1. The summed E-state index contributed by atoms with van der Waals surface area (Å²) in [4.78, 5) is 2.25. The SMILES string of the molecule is Cn1nccc1-c1ccc(C2(CN3CCSC(C)(CO)CC3=N)CC2)cc1. The van der Waals surface area contributed by atoms with Crippen molar-refractivity contribution < 1.29 is 5.11 Å². The van der Waals surface area contributed by atoms with Crippen molar-refractivity contribution in [3.63, 3.8) is 0 Å². The molecule has 2 aromatic rings. The molecular weight excluding hydrogens is 356 g/mol. The molecule has 1 aromatic heterocycles. The molecule has 0 spiro atoms. The minimum atomic E-state index is -0.215. The average molecular weight is 385 g/mol. The van der Waals surface area contributed by atoms with E-state index in [0.717, 1.165) is 24.5 Å². The number of hydrogen-bond donors (Lipinski definition) is 2. The van der Waals surface area contributed by atoms with Gasteiger partial charge in [-0.25, -0.2) is 0 Å². The maximum absolute atomic E-state index is 9.68. The van der Waals surface area contributed by atoms with Crippen LogP contribution in [0.1, 0.15) is 31.7 Å². The fourth-order valence-electron chi connectivity index (χ4n) is 4.04. The summed E-state index contributed by atoms with van der Waals surface area (Å²) in [6.07, 6.45) is 4.84. The quantitative estimate of drug-likeness (QED) is 0.830. The molecule has 1 aliphatic heterocycles. The molecule has 1 unspecified atom stereocenters. The van der Waals surface area contributed by atoms with Crippen LogP contribution in [-0.2, 0) is 12.5 Å². The largest absolute Gasteiger partial charge is 0.395 e. The highest BCUT2D eigenvalue weighted by atomic mass is 32.2. The maximum atomic E-state index is 9.68. The third-order valence-corrected chi connectivity index (χ3v) is 7.39. The maximum Gasteiger partial charge on any atom is 0.0973 e. The number of benzene rings is 1. The van der Waals surface area contributed by atoms with E-state index in [1.807, 2.05) is 24.0 Å². The summed E-state index contributed by atoms with van der Waals surface area (Å²) in [6, 6.07) is 10.9. The van der Waals surface area contributed by atoms with Gasteiger partial charge >= 0.3 is 0 Å². The molecule has 0 radical (unpaired) electrons. The molecule has 0 bridgehead atoms. The van der Waals surface area contributed by atoms with E-state index in [2.05, 4.69) is 41.2 Å². The third kappa shape index (κ3) is 3.65. The highest BCUT2D eigenvalue weighted by Gasteiger charge is 2.46. The molecule has 1 atom stereocenters. The lowest BCUT2D eigenvalue weighted by molar-refractivity contribution is 0.257. The number of aliphatic hydroxyl groups is 1. The van der Waals surface area contributed by atoms with Crippen LogP contribution in [0.15, 0.2) is 36.5 Å². The van der Waals surface area contributed by atoms with Gasteiger partial charge in [0.2, 0.25) is 0 Å². The molecular formula is C21H28N4OS. The summed E-state index contributed by atoms with van der Waals surface area (Å²) < 4.78 is 1.68. The lowest BCUT2D eigenvalue weighted by Gasteiger charge is -2.30. The van der Waals surface area contributed by atoms with Gasteiger partial charge in [-0.05, 0) is 37.0 Å². The topological polar surface area (TPSA) is 65.1 Å². The summed E-state index contributed by atoms with van der Waals surface area (Å²) >= 11 is 1.80. The van der Waals surface area contributed by atoms with E-state index >= 15 is 0 Å². The summed E-state index contributed by atoms with van der Waals surface area (Å²) in [5, 5.41) is 22.5. The summed E-state index contributed by atoms with van der Waals surface area (Å²) in [7, 11) is 1.97.